The van der Waals surface area contributed by atoms with Crippen LogP contribution in [0.4, 0.5) is 105 Å². The summed E-state index contributed by atoms with van der Waals surface area (Å²) in [4.78, 5) is 4.42. The molecule has 0 bridgehead atoms. The van der Waals surface area contributed by atoms with Crippen molar-refractivity contribution in [1.29, 1.82) is 5.26 Å². The second kappa shape index (κ2) is 22.8. The number of alkyl halides is 24. The minimum absolute atomic E-state index is 0.0965. The van der Waals surface area contributed by atoms with Gasteiger partial charge in [0.25, 0.3) is 0 Å². The fourth-order valence-corrected chi connectivity index (χ4v) is 12.0. The zero-order valence-electron chi connectivity index (χ0n) is 49.0. The maximum Gasteiger partial charge on any atom is 0.416 e. The van der Waals surface area contributed by atoms with Crippen LogP contribution >= 0.6 is 0 Å². The molecule has 0 saturated carbocycles. The molecule has 28 heteroatoms. The van der Waals surface area contributed by atoms with Crippen molar-refractivity contribution in [2.45, 2.75) is 63.3 Å². The highest BCUT2D eigenvalue weighted by Gasteiger charge is 2.42. The molecule has 3 heterocycles. The standard InChI is InChI=1S/C70H34F24N4/c1-32-11-38(12-33(2)96-32)43-25-61(97-57-7-3-34(39-13-44(63(71,72)73)27-45(14-39)64(74,75)76)21-52(57)53-22-35(4-8-58(53)97)40-15-46(65(77,78)79)28-47(16-40)66(80,81)82)56(31-95)62(26-43)98-59-9-5-36(41-17-48(67(83,84)85)29-49(18-41)68(86,87)88)23-54(59)55-24-37(6-10-60(55)98)42-19-50(69(89,90)91)30-51(20-42)70(92,93)94/h3-30H,1-2H3. The number of hydrogen-bond acceptors (Lipinski definition) is 2. The monoisotopic (exact) mass is 1390 g/mol. The van der Waals surface area contributed by atoms with E-state index < -0.39 is 122 Å². The number of nitrogens with zero attached hydrogens (tertiary/aromatic N) is 4. The normalized spacial score (nSPS) is 13.2. The molecule has 9 aromatic carbocycles. The second-order valence-electron chi connectivity index (χ2n) is 22.9. The van der Waals surface area contributed by atoms with Crippen molar-refractivity contribution >= 4 is 43.6 Å². The summed E-state index contributed by atoms with van der Waals surface area (Å²) >= 11 is 0. The molecule has 0 fully saturated rings. The van der Waals surface area contributed by atoms with Gasteiger partial charge in [-0.3, -0.25) is 4.98 Å². The Hall–Kier alpha value is -10.5. The van der Waals surface area contributed by atoms with Gasteiger partial charge in [0.1, 0.15) is 11.6 Å². The first-order chi connectivity index (χ1) is 45.3. The van der Waals surface area contributed by atoms with Crippen molar-refractivity contribution < 1.29 is 105 Å². The van der Waals surface area contributed by atoms with Crippen LogP contribution in [0.25, 0.3) is 111 Å². The number of benzene rings is 9. The summed E-state index contributed by atoms with van der Waals surface area (Å²) in [6.45, 7) is 3.17. The lowest BCUT2D eigenvalue weighted by Crippen LogP contribution is -2.11. The Morgan fingerprint density at radius 1 is 0.255 bits per heavy atom. The van der Waals surface area contributed by atoms with Gasteiger partial charge in [0.15, 0.2) is 0 Å². The third-order valence-corrected chi connectivity index (χ3v) is 16.3. The zero-order valence-corrected chi connectivity index (χ0v) is 49.0. The summed E-state index contributed by atoms with van der Waals surface area (Å²) in [7, 11) is 0. The van der Waals surface area contributed by atoms with Gasteiger partial charge in [-0.2, -0.15) is 111 Å². The number of aromatic nitrogens is 3. The summed E-state index contributed by atoms with van der Waals surface area (Å²) in [5.74, 6) is 0. The Kier molecular flexibility index (Phi) is 15.7. The molecule has 0 radical (unpaired) electrons. The van der Waals surface area contributed by atoms with E-state index in [1.54, 1.807) is 26.0 Å². The quantitative estimate of drug-likeness (QED) is 0.149. The van der Waals surface area contributed by atoms with Gasteiger partial charge in [0, 0.05) is 32.9 Å². The van der Waals surface area contributed by atoms with Crippen LogP contribution in [0.3, 0.4) is 0 Å². The number of halogens is 24. The first-order valence-electron chi connectivity index (χ1n) is 28.2. The van der Waals surface area contributed by atoms with Gasteiger partial charge in [-0.25, -0.2) is 0 Å². The van der Waals surface area contributed by atoms with Crippen molar-refractivity contribution in [3.63, 3.8) is 0 Å². The average Bonchev–Trinajstić information content (AvgIpc) is 1.55. The highest BCUT2D eigenvalue weighted by atomic mass is 19.4. The number of pyridine rings is 1. The molecule has 0 aliphatic rings. The minimum Gasteiger partial charge on any atom is -0.308 e. The van der Waals surface area contributed by atoms with Gasteiger partial charge in [0.2, 0.25) is 0 Å². The van der Waals surface area contributed by atoms with Crippen LogP contribution in [0.5, 0.6) is 0 Å². The Morgan fingerprint density at radius 2 is 0.449 bits per heavy atom. The molecule has 0 aliphatic heterocycles. The lowest BCUT2D eigenvalue weighted by atomic mass is 9.96. The van der Waals surface area contributed by atoms with E-state index in [0.717, 1.165) is 48.5 Å². The van der Waals surface area contributed by atoms with E-state index in [-0.39, 0.29) is 107 Å². The molecule has 0 atom stereocenters. The van der Waals surface area contributed by atoms with Gasteiger partial charge in [-0.1, -0.05) is 24.3 Å². The van der Waals surface area contributed by atoms with Crippen molar-refractivity contribution in [3.8, 4) is 73.1 Å². The number of fused-ring (bicyclic) bond motifs is 6. The van der Waals surface area contributed by atoms with E-state index in [2.05, 4.69) is 11.1 Å². The molecule has 4 nitrogen and oxygen atoms in total. The summed E-state index contributed by atoms with van der Waals surface area (Å²) in [6, 6.07) is 23.9. The highest BCUT2D eigenvalue weighted by Crippen LogP contribution is 2.49. The van der Waals surface area contributed by atoms with E-state index in [9.17, 15) is 111 Å². The number of hydrogen-bond donors (Lipinski definition) is 0. The molecule has 0 amide bonds. The number of aryl methyl sites for hydroxylation is 2. The van der Waals surface area contributed by atoms with Crippen LogP contribution in [-0.4, -0.2) is 14.1 Å². The molecule has 0 unspecified atom stereocenters. The molecule has 0 aliphatic carbocycles. The summed E-state index contributed by atoms with van der Waals surface area (Å²) < 4.78 is 348. The Labute approximate surface area is 534 Å². The zero-order chi connectivity index (χ0) is 71.3. The van der Waals surface area contributed by atoms with E-state index in [1.807, 2.05) is 0 Å². The lowest BCUT2D eigenvalue weighted by molar-refractivity contribution is -0.144. The topological polar surface area (TPSA) is 46.5 Å². The molecular weight excluding hydrogens is 1350 g/mol. The predicted molar refractivity (Wildman–Crippen MR) is 314 cm³/mol. The van der Waals surface area contributed by atoms with E-state index >= 15 is 0 Å². The van der Waals surface area contributed by atoms with E-state index in [0.29, 0.717) is 65.5 Å². The first-order valence-corrected chi connectivity index (χ1v) is 28.2. The van der Waals surface area contributed by atoms with Gasteiger partial charge in [-0.05, 0) is 215 Å². The van der Waals surface area contributed by atoms with Crippen molar-refractivity contribution in [2.75, 3.05) is 0 Å². The molecule has 12 rings (SSSR count). The second-order valence-corrected chi connectivity index (χ2v) is 22.9. The maximum atomic E-state index is 14.4. The third-order valence-electron chi connectivity index (χ3n) is 16.3. The predicted octanol–water partition coefficient (Wildman–Crippen LogP) is 24.2. The summed E-state index contributed by atoms with van der Waals surface area (Å²) in [5.41, 5.74) is -18.3. The molecule has 0 N–H and O–H groups in total. The van der Waals surface area contributed by atoms with Crippen molar-refractivity contribution in [2.24, 2.45) is 0 Å². The Morgan fingerprint density at radius 3 is 0.643 bits per heavy atom. The molecule has 12 aromatic rings. The Balaban J connectivity index is 1.21. The smallest absolute Gasteiger partial charge is 0.308 e. The van der Waals surface area contributed by atoms with Gasteiger partial charge in [-0.15, -0.1) is 0 Å². The van der Waals surface area contributed by atoms with Crippen LogP contribution in [0.2, 0.25) is 0 Å². The highest BCUT2D eigenvalue weighted by molar-refractivity contribution is 6.14. The summed E-state index contributed by atoms with van der Waals surface area (Å²) in [6.07, 6.45) is -43.0. The van der Waals surface area contributed by atoms with Crippen LogP contribution < -0.4 is 0 Å². The maximum absolute atomic E-state index is 14.4. The number of nitriles is 1. The van der Waals surface area contributed by atoms with Crippen molar-refractivity contribution in [3.05, 3.63) is 231 Å². The van der Waals surface area contributed by atoms with Crippen LogP contribution in [0.15, 0.2) is 170 Å². The van der Waals surface area contributed by atoms with E-state index in [1.165, 1.54) is 45.5 Å². The fraction of sp³-hybridized carbons (Fsp3) is 0.143. The fourth-order valence-electron chi connectivity index (χ4n) is 12.0. The van der Waals surface area contributed by atoms with Gasteiger partial charge >= 0.3 is 49.4 Å². The van der Waals surface area contributed by atoms with Crippen LogP contribution in [0, 0.1) is 25.2 Å². The summed E-state index contributed by atoms with van der Waals surface area (Å²) in [5, 5.41) is 11.1. The molecule has 3 aromatic heterocycles. The van der Waals surface area contributed by atoms with E-state index in [4.69, 9.17) is 0 Å². The molecule has 0 saturated heterocycles. The molecular formula is C70H34F24N4. The molecule has 0 spiro atoms. The Bertz CT molecular complexity index is 4600. The third kappa shape index (κ3) is 12.7. The first kappa shape index (κ1) is 67.5. The minimum atomic E-state index is -5.37. The van der Waals surface area contributed by atoms with Crippen LogP contribution in [0.1, 0.15) is 61.5 Å². The van der Waals surface area contributed by atoms with Gasteiger partial charge in [0.05, 0.1) is 77.9 Å². The molecule has 502 valence electrons. The lowest BCUT2D eigenvalue weighted by Gasteiger charge is -2.19. The van der Waals surface area contributed by atoms with Crippen molar-refractivity contribution in [1.82, 2.24) is 14.1 Å². The van der Waals surface area contributed by atoms with Gasteiger partial charge < -0.3 is 9.13 Å². The molecule has 98 heavy (non-hydrogen) atoms. The average molecular weight is 1390 g/mol. The largest absolute Gasteiger partial charge is 0.416 e. The van der Waals surface area contributed by atoms with Crippen LogP contribution in [-0.2, 0) is 49.4 Å². The SMILES string of the molecule is Cc1cc(-c2cc(-n3c4ccc(-c5cc(C(F)(F)F)cc(C(F)(F)F)c5)cc4c4cc(-c5cc(C(F)(F)F)cc(C(F)(F)F)c5)ccc43)c(C#N)c(-n3c4ccc(-c5cc(C(F)(F)F)cc(C(F)(F)F)c5)cc4c4cc(-c5cc(C(F)(F)F)cc(C(F)(F)F)c5)ccc43)c2)cc(C)n1. The number of rotatable bonds is 7.